The van der Waals surface area contributed by atoms with Gasteiger partial charge in [0, 0.05) is 28.3 Å². The number of methoxy groups -OCH3 is 3. The zero-order valence-corrected chi connectivity index (χ0v) is 12.2. The molecule has 0 saturated carbocycles. The highest BCUT2D eigenvalue weighted by Crippen LogP contribution is 2.43. The van der Waals surface area contributed by atoms with E-state index >= 15 is 0 Å². The number of ether oxygens (including phenoxy) is 3. The molecule has 0 aromatic heterocycles. The second kappa shape index (κ2) is 5.92. The number of phenolic OH excluding ortho intramolecular Hbond substituents is 1. The minimum Gasteiger partial charge on any atom is -0.504 e. The molecule has 0 aliphatic carbocycles. The highest BCUT2D eigenvalue weighted by atomic mass is 35.5. The molecule has 0 aliphatic rings. The van der Waals surface area contributed by atoms with E-state index in [0.717, 1.165) is 0 Å². The van der Waals surface area contributed by atoms with Crippen molar-refractivity contribution in [2.45, 2.75) is 0 Å². The molecule has 4 nitrogen and oxygen atoms in total. The Kier molecular flexibility index (Phi) is 4.25. The van der Waals surface area contributed by atoms with Gasteiger partial charge in [0.2, 0.25) is 0 Å². The van der Waals surface area contributed by atoms with Crippen LogP contribution in [-0.2, 0) is 0 Å². The zero-order chi connectivity index (χ0) is 14.7. The van der Waals surface area contributed by atoms with Gasteiger partial charge < -0.3 is 19.3 Å². The summed E-state index contributed by atoms with van der Waals surface area (Å²) in [6.45, 7) is 0. The Morgan fingerprint density at radius 3 is 2.15 bits per heavy atom. The molecule has 2 aromatic rings. The zero-order valence-electron chi connectivity index (χ0n) is 11.4. The number of aromatic hydroxyl groups is 1. The molecule has 0 radical (unpaired) electrons. The van der Waals surface area contributed by atoms with Crippen molar-refractivity contribution in [2.75, 3.05) is 21.3 Å². The summed E-state index contributed by atoms with van der Waals surface area (Å²) in [6, 6.07) is 8.52. The van der Waals surface area contributed by atoms with Crippen LogP contribution >= 0.6 is 11.6 Å². The van der Waals surface area contributed by atoms with E-state index < -0.39 is 0 Å². The van der Waals surface area contributed by atoms with Crippen molar-refractivity contribution in [1.29, 1.82) is 0 Å². The van der Waals surface area contributed by atoms with Gasteiger partial charge in [0.05, 0.1) is 21.3 Å². The van der Waals surface area contributed by atoms with Crippen molar-refractivity contribution in [2.24, 2.45) is 0 Å². The molecule has 0 amide bonds. The molecule has 0 spiro atoms. The maximum absolute atomic E-state index is 10.2. The van der Waals surface area contributed by atoms with E-state index in [-0.39, 0.29) is 5.75 Å². The molecule has 0 unspecified atom stereocenters. The molecule has 2 aromatic carbocycles. The SMILES string of the molecule is COc1ccc(-c2cc(Cl)cc(OC)c2O)c(OC)c1. The normalized spacial score (nSPS) is 10.2. The first-order valence-electron chi connectivity index (χ1n) is 5.89. The van der Waals surface area contributed by atoms with Gasteiger partial charge in [0.1, 0.15) is 11.5 Å². The molecule has 106 valence electrons. The first-order valence-corrected chi connectivity index (χ1v) is 6.27. The van der Waals surface area contributed by atoms with Gasteiger partial charge in [-0.15, -0.1) is 0 Å². The fraction of sp³-hybridized carbons (Fsp3) is 0.200. The number of benzene rings is 2. The molecule has 20 heavy (non-hydrogen) atoms. The molecule has 0 aliphatic heterocycles. The summed E-state index contributed by atoms with van der Waals surface area (Å²) in [5, 5.41) is 10.7. The lowest BCUT2D eigenvalue weighted by Gasteiger charge is -2.14. The van der Waals surface area contributed by atoms with Gasteiger partial charge in [-0.1, -0.05) is 11.6 Å². The average molecular weight is 295 g/mol. The second-order valence-electron chi connectivity index (χ2n) is 4.07. The summed E-state index contributed by atoms with van der Waals surface area (Å²) in [4.78, 5) is 0. The Bertz CT molecular complexity index is 626. The van der Waals surface area contributed by atoms with E-state index in [1.807, 2.05) is 0 Å². The van der Waals surface area contributed by atoms with Crippen LogP contribution in [0.4, 0.5) is 0 Å². The largest absolute Gasteiger partial charge is 0.504 e. The summed E-state index contributed by atoms with van der Waals surface area (Å²) < 4.78 is 15.6. The van der Waals surface area contributed by atoms with Crippen LogP contribution in [0.5, 0.6) is 23.0 Å². The Labute approximate surface area is 122 Å². The number of hydrogen-bond acceptors (Lipinski definition) is 4. The van der Waals surface area contributed by atoms with Crippen molar-refractivity contribution < 1.29 is 19.3 Å². The molecule has 0 fully saturated rings. The van der Waals surface area contributed by atoms with Gasteiger partial charge in [-0.05, 0) is 18.2 Å². The third-order valence-corrected chi connectivity index (χ3v) is 3.18. The van der Waals surface area contributed by atoms with Crippen molar-refractivity contribution in [3.8, 4) is 34.1 Å². The molecular weight excluding hydrogens is 280 g/mol. The van der Waals surface area contributed by atoms with Gasteiger partial charge >= 0.3 is 0 Å². The van der Waals surface area contributed by atoms with Crippen LogP contribution in [0.3, 0.4) is 0 Å². The Morgan fingerprint density at radius 2 is 1.55 bits per heavy atom. The molecular formula is C15H15ClO4. The Hall–Kier alpha value is -2.07. The maximum atomic E-state index is 10.2. The Morgan fingerprint density at radius 1 is 0.850 bits per heavy atom. The lowest BCUT2D eigenvalue weighted by atomic mass is 10.0. The molecule has 0 saturated heterocycles. The van der Waals surface area contributed by atoms with Crippen LogP contribution in [0, 0.1) is 0 Å². The summed E-state index contributed by atoms with van der Waals surface area (Å²) in [6.07, 6.45) is 0. The van der Waals surface area contributed by atoms with Gasteiger partial charge in [-0.2, -0.15) is 0 Å². The average Bonchev–Trinajstić information content (AvgIpc) is 2.48. The summed E-state index contributed by atoms with van der Waals surface area (Å²) in [5.41, 5.74) is 1.24. The molecule has 0 heterocycles. The van der Waals surface area contributed by atoms with Crippen LogP contribution in [0.15, 0.2) is 30.3 Å². The molecule has 1 N–H and O–H groups in total. The van der Waals surface area contributed by atoms with Crippen LogP contribution in [-0.4, -0.2) is 26.4 Å². The van der Waals surface area contributed by atoms with Gasteiger partial charge in [0.15, 0.2) is 11.5 Å². The number of halogens is 1. The first-order chi connectivity index (χ1) is 9.60. The Balaban J connectivity index is 2.64. The number of hydrogen-bond donors (Lipinski definition) is 1. The lowest BCUT2D eigenvalue weighted by Crippen LogP contribution is -1.92. The van der Waals surface area contributed by atoms with Gasteiger partial charge in [-0.3, -0.25) is 0 Å². The second-order valence-corrected chi connectivity index (χ2v) is 4.51. The van der Waals surface area contributed by atoms with Crippen molar-refractivity contribution >= 4 is 11.6 Å². The lowest BCUT2D eigenvalue weighted by molar-refractivity contribution is 0.374. The molecule has 5 heteroatoms. The summed E-state index contributed by atoms with van der Waals surface area (Å²) in [5.74, 6) is 1.56. The summed E-state index contributed by atoms with van der Waals surface area (Å²) >= 11 is 6.05. The number of phenols is 1. The van der Waals surface area contributed by atoms with Gasteiger partial charge in [-0.25, -0.2) is 0 Å². The van der Waals surface area contributed by atoms with Crippen LogP contribution in [0.25, 0.3) is 11.1 Å². The first kappa shape index (κ1) is 14.3. The van der Waals surface area contributed by atoms with E-state index in [9.17, 15) is 5.11 Å². The smallest absolute Gasteiger partial charge is 0.165 e. The van der Waals surface area contributed by atoms with E-state index in [1.165, 1.54) is 7.11 Å². The third kappa shape index (κ3) is 2.60. The van der Waals surface area contributed by atoms with Crippen molar-refractivity contribution in [1.82, 2.24) is 0 Å². The highest BCUT2D eigenvalue weighted by molar-refractivity contribution is 6.31. The van der Waals surface area contributed by atoms with E-state index in [4.69, 9.17) is 25.8 Å². The van der Waals surface area contributed by atoms with E-state index in [2.05, 4.69) is 0 Å². The fourth-order valence-electron chi connectivity index (χ4n) is 1.96. The topological polar surface area (TPSA) is 47.9 Å². The minimum atomic E-state index is 0.0142. The number of rotatable bonds is 4. The minimum absolute atomic E-state index is 0.0142. The highest BCUT2D eigenvalue weighted by Gasteiger charge is 2.16. The van der Waals surface area contributed by atoms with E-state index in [1.54, 1.807) is 44.6 Å². The van der Waals surface area contributed by atoms with Crippen LogP contribution < -0.4 is 14.2 Å². The van der Waals surface area contributed by atoms with Gasteiger partial charge in [0.25, 0.3) is 0 Å². The maximum Gasteiger partial charge on any atom is 0.165 e. The van der Waals surface area contributed by atoms with Crippen molar-refractivity contribution in [3.05, 3.63) is 35.4 Å². The van der Waals surface area contributed by atoms with E-state index in [0.29, 0.717) is 33.4 Å². The summed E-state index contributed by atoms with van der Waals surface area (Å²) in [7, 11) is 4.60. The van der Waals surface area contributed by atoms with Crippen molar-refractivity contribution in [3.63, 3.8) is 0 Å². The standard InChI is InChI=1S/C15H15ClO4/c1-18-10-4-5-11(13(8-10)19-2)12-6-9(16)7-14(20-3)15(12)17/h4-8,17H,1-3H3. The third-order valence-electron chi connectivity index (χ3n) is 2.96. The fourth-order valence-corrected chi connectivity index (χ4v) is 2.16. The molecule has 0 bridgehead atoms. The predicted octanol–water partition coefficient (Wildman–Crippen LogP) is 3.74. The molecule has 2 rings (SSSR count). The predicted molar refractivity (Wildman–Crippen MR) is 78.2 cm³/mol. The van der Waals surface area contributed by atoms with Crippen LogP contribution in [0.1, 0.15) is 0 Å². The monoisotopic (exact) mass is 294 g/mol. The molecule has 0 atom stereocenters. The van der Waals surface area contributed by atoms with Crippen LogP contribution in [0.2, 0.25) is 5.02 Å². The quantitative estimate of drug-likeness (QED) is 0.933.